The van der Waals surface area contributed by atoms with Crippen LogP contribution in [0.2, 0.25) is 5.02 Å². The molecule has 0 saturated carbocycles. The van der Waals surface area contributed by atoms with Gasteiger partial charge in [0.25, 0.3) is 0 Å². The number of rotatable bonds is 6. The Morgan fingerprint density at radius 2 is 1.24 bits per heavy atom. The number of halogens is 5. The summed E-state index contributed by atoms with van der Waals surface area (Å²) in [6.45, 7) is 0. The smallest absolute Gasteiger partial charge is 0.189 e. The van der Waals surface area contributed by atoms with E-state index in [1.165, 1.54) is 18.2 Å². The predicted octanol–water partition coefficient (Wildman–Crippen LogP) is 8.54. The Hall–Kier alpha value is -4.49. The number of nitrogens with zero attached hydrogens (tertiary/aromatic N) is 1. The Balaban J connectivity index is 0.000000168. The van der Waals surface area contributed by atoms with Crippen LogP contribution in [0.5, 0.6) is 0 Å². The van der Waals surface area contributed by atoms with Crippen molar-refractivity contribution in [3.05, 3.63) is 158 Å². The van der Waals surface area contributed by atoms with Gasteiger partial charge in [-0.25, -0.2) is 17.6 Å². The number of benzene rings is 4. The summed E-state index contributed by atoms with van der Waals surface area (Å²) in [6.07, 6.45) is 1.66. The first-order chi connectivity index (χ1) is 20.3. The number of aryl methyl sites for hydroxylation is 4. The number of hydrogen-bond donors (Lipinski definition) is 1. The van der Waals surface area contributed by atoms with Crippen LogP contribution in [-0.2, 0) is 25.7 Å². The van der Waals surface area contributed by atoms with Gasteiger partial charge < -0.3 is 4.98 Å². The average Bonchev–Trinajstić information content (AvgIpc) is 2.99. The molecule has 0 fully saturated rings. The fraction of sp³-hybridized carbons (Fsp3) is 0.118. The van der Waals surface area contributed by atoms with Gasteiger partial charge in [-0.2, -0.15) is 0 Å². The van der Waals surface area contributed by atoms with Gasteiger partial charge in [0.05, 0.1) is 10.5 Å². The molecule has 0 bridgehead atoms. The highest BCUT2D eigenvalue weighted by molar-refractivity contribution is 6.35. The zero-order valence-electron chi connectivity index (χ0n) is 22.3. The zero-order chi connectivity index (χ0) is 29.6. The van der Waals surface area contributed by atoms with Crippen molar-refractivity contribution >= 4 is 33.4 Å². The Morgan fingerprint density at radius 3 is 1.93 bits per heavy atom. The van der Waals surface area contributed by atoms with Crippen LogP contribution in [0.25, 0.3) is 21.8 Å². The molecular weight excluding hydrogens is 564 g/mol. The van der Waals surface area contributed by atoms with Crippen molar-refractivity contribution in [1.29, 1.82) is 0 Å². The third kappa shape index (κ3) is 6.69. The van der Waals surface area contributed by atoms with E-state index in [-0.39, 0.29) is 5.43 Å². The molecule has 212 valence electrons. The molecule has 6 aromatic rings. The van der Waals surface area contributed by atoms with Gasteiger partial charge in [-0.1, -0.05) is 66.2 Å². The lowest BCUT2D eigenvalue weighted by atomic mass is 10.1. The molecule has 6 rings (SSSR count). The Bertz CT molecular complexity index is 1940. The van der Waals surface area contributed by atoms with Crippen molar-refractivity contribution in [1.82, 2.24) is 9.97 Å². The van der Waals surface area contributed by atoms with Crippen LogP contribution in [-0.4, -0.2) is 9.97 Å². The van der Waals surface area contributed by atoms with Gasteiger partial charge in [0.15, 0.2) is 28.7 Å². The molecule has 2 aromatic heterocycles. The summed E-state index contributed by atoms with van der Waals surface area (Å²) in [5.41, 5.74) is 3.62. The fourth-order valence-electron chi connectivity index (χ4n) is 4.71. The van der Waals surface area contributed by atoms with Crippen molar-refractivity contribution in [2.24, 2.45) is 0 Å². The highest BCUT2D eigenvalue weighted by Crippen LogP contribution is 2.24. The summed E-state index contributed by atoms with van der Waals surface area (Å²) in [5.74, 6) is -3.28. The van der Waals surface area contributed by atoms with Gasteiger partial charge in [0.1, 0.15) is 0 Å². The minimum absolute atomic E-state index is 0.0703. The summed E-state index contributed by atoms with van der Waals surface area (Å²) >= 11 is 6.23. The fourth-order valence-corrected chi connectivity index (χ4v) is 5.00. The van der Waals surface area contributed by atoms with Crippen LogP contribution in [0.15, 0.2) is 102 Å². The van der Waals surface area contributed by atoms with Crippen LogP contribution < -0.4 is 5.43 Å². The summed E-state index contributed by atoms with van der Waals surface area (Å²) in [5, 5.41) is 2.13. The van der Waals surface area contributed by atoms with Crippen molar-refractivity contribution in [3.8, 4) is 0 Å². The van der Waals surface area contributed by atoms with Gasteiger partial charge in [0.2, 0.25) is 0 Å². The number of nitrogens with one attached hydrogen (secondary N) is 1. The number of H-pyrrole nitrogens is 1. The Labute approximate surface area is 244 Å². The third-order valence-electron chi connectivity index (χ3n) is 6.89. The number of aromatic amines is 1. The van der Waals surface area contributed by atoms with Gasteiger partial charge in [-0.3, -0.25) is 9.78 Å². The van der Waals surface area contributed by atoms with Crippen LogP contribution in [0.1, 0.15) is 22.5 Å². The summed E-state index contributed by atoms with van der Waals surface area (Å²) in [6, 6.07) is 26.4. The number of pyridine rings is 2. The van der Waals surface area contributed by atoms with E-state index in [9.17, 15) is 22.4 Å². The number of para-hydroxylation sites is 2. The van der Waals surface area contributed by atoms with Gasteiger partial charge in [-0.05, 0) is 73.2 Å². The molecule has 42 heavy (non-hydrogen) atoms. The number of hydrogen-bond acceptors (Lipinski definition) is 2. The first-order valence-electron chi connectivity index (χ1n) is 13.3. The molecule has 0 radical (unpaired) electrons. The largest absolute Gasteiger partial charge is 0.358 e. The molecule has 4 aromatic carbocycles. The first kappa shape index (κ1) is 29.0. The summed E-state index contributed by atoms with van der Waals surface area (Å²) in [7, 11) is 0. The second kappa shape index (κ2) is 13.0. The highest BCUT2D eigenvalue weighted by atomic mass is 35.5. The molecule has 0 amide bonds. The van der Waals surface area contributed by atoms with Crippen LogP contribution in [0, 0.1) is 23.3 Å². The van der Waals surface area contributed by atoms with E-state index >= 15 is 0 Å². The monoisotopic (exact) mass is 588 g/mol. The molecule has 0 aliphatic rings. The molecule has 0 unspecified atom stereocenters. The van der Waals surface area contributed by atoms with Gasteiger partial charge in [0, 0.05) is 33.7 Å². The average molecular weight is 589 g/mol. The lowest BCUT2D eigenvalue weighted by Gasteiger charge is -2.06. The van der Waals surface area contributed by atoms with E-state index in [4.69, 9.17) is 11.6 Å². The van der Waals surface area contributed by atoms with Crippen molar-refractivity contribution in [2.45, 2.75) is 25.7 Å². The minimum atomic E-state index is -0.848. The van der Waals surface area contributed by atoms with Gasteiger partial charge >= 0.3 is 0 Å². The summed E-state index contributed by atoms with van der Waals surface area (Å²) in [4.78, 5) is 19.6. The standard InChI is InChI=1S/C17H12ClF2N.C17H13F2NO/c18-14-10-12(21-16-7-2-1-5-13(14)16)9-8-11-4-3-6-15(19)17(11)20;18-14-6-3-4-11(17(14)19)8-9-12-10-16(21)13-5-1-2-7-15(13)20-12/h1-7,10H,8-9H2;1-7,10H,8-9H2,(H,20,21). The quantitative estimate of drug-likeness (QED) is 0.198. The van der Waals surface area contributed by atoms with Crippen molar-refractivity contribution < 1.29 is 17.6 Å². The third-order valence-corrected chi connectivity index (χ3v) is 7.20. The Morgan fingerprint density at radius 1 is 0.643 bits per heavy atom. The lowest BCUT2D eigenvalue weighted by molar-refractivity contribution is 0.498. The molecule has 0 atom stereocenters. The van der Waals surface area contributed by atoms with Crippen molar-refractivity contribution in [2.75, 3.05) is 0 Å². The van der Waals surface area contributed by atoms with E-state index < -0.39 is 23.3 Å². The van der Waals surface area contributed by atoms with Crippen LogP contribution >= 0.6 is 11.6 Å². The lowest BCUT2D eigenvalue weighted by Crippen LogP contribution is -2.06. The maximum absolute atomic E-state index is 13.6. The second-order valence-corrected chi connectivity index (χ2v) is 10.2. The van der Waals surface area contributed by atoms with E-state index in [0.717, 1.165) is 34.2 Å². The molecule has 1 N–H and O–H groups in total. The maximum atomic E-state index is 13.6. The molecule has 8 heteroatoms. The number of fused-ring (bicyclic) bond motifs is 2. The van der Waals surface area contributed by atoms with Crippen molar-refractivity contribution in [3.63, 3.8) is 0 Å². The number of aromatic nitrogens is 2. The maximum Gasteiger partial charge on any atom is 0.189 e. The van der Waals surface area contributed by atoms with E-state index in [0.29, 0.717) is 52.9 Å². The molecule has 3 nitrogen and oxygen atoms in total. The minimum Gasteiger partial charge on any atom is -0.358 e. The highest BCUT2D eigenvalue weighted by Gasteiger charge is 2.10. The molecule has 0 aliphatic carbocycles. The predicted molar refractivity (Wildman–Crippen MR) is 159 cm³/mol. The molecule has 2 heterocycles. The van der Waals surface area contributed by atoms with E-state index in [1.54, 1.807) is 30.3 Å². The molecule has 0 aliphatic heterocycles. The molecular formula is C34H25ClF4N2O. The second-order valence-electron chi connectivity index (χ2n) is 9.74. The molecule has 0 saturated heterocycles. The van der Waals surface area contributed by atoms with E-state index in [2.05, 4.69) is 9.97 Å². The van der Waals surface area contributed by atoms with E-state index in [1.807, 2.05) is 36.4 Å². The first-order valence-corrected chi connectivity index (χ1v) is 13.7. The normalized spacial score (nSPS) is 11.0. The summed E-state index contributed by atoms with van der Waals surface area (Å²) < 4.78 is 53.5. The van der Waals surface area contributed by atoms with Gasteiger partial charge in [-0.15, -0.1) is 0 Å². The van der Waals surface area contributed by atoms with Crippen LogP contribution in [0.3, 0.4) is 0 Å². The zero-order valence-corrected chi connectivity index (χ0v) is 23.1. The molecule has 0 spiro atoms. The Kier molecular flexibility index (Phi) is 8.98. The topological polar surface area (TPSA) is 45.8 Å². The SMILES string of the molecule is Fc1cccc(CCc2cc(Cl)c3ccccc3n2)c1F.O=c1cc(CCc2cccc(F)c2F)[nH]c2ccccc12. The van der Waals surface area contributed by atoms with Crippen LogP contribution in [0.4, 0.5) is 17.6 Å².